The molecule has 0 spiro atoms. The number of para-hydroxylation sites is 2. The SMILES string of the molecule is CCO/C=C(/C(=O)O)c1ccccc1Oc1cc(Oc2ccccc2C#N)ncn1. The summed E-state index contributed by atoms with van der Waals surface area (Å²) in [6.45, 7) is 2.09. The summed E-state index contributed by atoms with van der Waals surface area (Å²) in [5.41, 5.74) is 0.631. The lowest BCUT2D eigenvalue weighted by Crippen LogP contribution is -2.03. The van der Waals surface area contributed by atoms with Crippen molar-refractivity contribution in [3.8, 4) is 29.3 Å². The van der Waals surface area contributed by atoms with Crippen molar-refractivity contribution in [3.63, 3.8) is 0 Å². The van der Waals surface area contributed by atoms with Crippen LogP contribution in [0.3, 0.4) is 0 Å². The van der Waals surface area contributed by atoms with Gasteiger partial charge in [-0.3, -0.25) is 0 Å². The van der Waals surface area contributed by atoms with Crippen molar-refractivity contribution in [2.75, 3.05) is 6.61 Å². The summed E-state index contributed by atoms with van der Waals surface area (Å²) in [6, 6.07) is 16.9. The summed E-state index contributed by atoms with van der Waals surface area (Å²) in [5.74, 6) is -0.225. The number of hydrogen-bond acceptors (Lipinski definition) is 7. The molecule has 150 valence electrons. The number of carbonyl (C=O) groups is 1. The molecule has 0 bridgehead atoms. The molecule has 1 aromatic heterocycles. The first kappa shape index (κ1) is 20.4. The lowest BCUT2D eigenvalue weighted by Gasteiger charge is -2.12. The number of aliphatic carboxylic acids is 1. The standard InChI is InChI=1S/C22H17N3O5/c1-2-28-13-17(22(26)27)16-8-4-6-10-19(16)30-21-11-20(24-14-25-21)29-18-9-5-3-7-15(18)12-23/h3-11,13-14H,2H2,1H3,(H,26,27)/b17-13+. The van der Waals surface area contributed by atoms with Crippen LogP contribution in [0.4, 0.5) is 0 Å². The molecule has 8 nitrogen and oxygen atoms in total. The van der Waals surface area contributed by atoms with E-state index in [1.807, 2.05) is 6.07 Å². The van der Waals surface area contributed by atoms with Crippen molar-refractivity contribution in [1.82, 2.24) is 9.97 Å². The second-order valence-electron chi connectivity index (χ2n) is 5.79. The highest BCUT2D eigenvalue weighted by Gasteiger charge is 2.17. The van der Waals surface area contributed by atoms with Crippen molar-refractivity contribution in [3.05, 3.63) is 78.3 Å². The van der Waals surface area contributed by atoms with E-state index in [1.165, 1.54) is 18.7 Å². The van der Waals surface area contributed by atoms with Crippen LogP contribution in [0, 0.1) is 11.3 Å². The highest BCUT2D eigenvalue weighted by Crippen LogP contribution is 2.31. The first-order chi connectivity index (χ1) is 14.6. The minimum absolute atomic E-state index is 0.0547. The molecule has 0 saturated carbocycles. The van der Waals surface area contributed by atoms with Gasteiger partial charge in [0, 0.05) is 5.56 Å². The van der Waals surface area contributed by atoms with Gasteiger partial charge in [0.1, 0.15) is 29.5 Å². The Bertz CT molecular complexity index is 1120. The molecule has 0 aliphatic carbocycles. The predicted octanol–water partition coefficient (Wildman–Crippen LogP) is 4.39. The van der Waals surface area contributed by atoms with Gasteiger partial charge in [0.25, 0.3) is 0 Å². The van der Waals surface area contributed by atoms with Crippen molar-refractivity contribution < 1.29 is 24.1 Å². The van der Waals surface area contributed by atoms with E-state index in [2.05, 4.69) is 9.97 Å². The van der Waals surface area contributed by atoms with Crippen LogP contribution in [0.1, 0.15) is 18.1 Å². The third-order valence-corrected chi connectivity index (χ3v) is 3.83. The number of benzene rings is 2. The van der Waals surface area contributed by atoms with Crippen LogP contribution in [-0.4, -0.2) is 27.7 Å². The summed E-state index contributed by atoms with van der Waals surface area (Å²) >= 11 is 0. The quantitative estimate of drug-likeness (QED) is 0.435. The molecular formula is C22H17N3O5. The highest BCUT2D eigenvalue weighted by atomic mass is 16.5. The molecule has 1 heterocycles. The van der Waals surface area contributed by atoms with E-state index < -0.39 is 5.97 Å². The molecule has 0 aliphatic rings. The summed E-state index contributed by atoms with van der Waals surface area (Å²) < 4.78 is 16.6. The van der Waals surface area contributed by atoms with Crippen LogP contribution in [0.25, 0.3) is 5.57 Å². The fraction of sp³-hybridized carbons (Fsp3) is 0.0909. The summed E-state index contributed by atoms with van der Waals surface area (Å²) in [4.78, 5) is 19.7. The number of aromatic nitrogens is 2. The normalized spacial score (nSPS) is 10.7. The Kier molecular flexibility index (Phi) is 6.59. The Hall–Kier alpha value is -4.38. The van der Waals surface area contributed by atoms with E-state index in [1.54, 1.807) is 55.5 Å². The zero-order valence-corrected chi connectivity index (χ0v) is 16.0. The van der Waals surface area contributed by atoms with Crippen LogP contribution >= 0.6 is 0 Å². The molecule has 0 fully saturated rings. The fourth-order valence-corrected chi connectivity index (χ4v) is 2.48. The zero-order valence-electron chi connectivity index (χ0n) is 16.0. The maximum atomic E-state index is 11.7. The van der Waals surface area contributed by atoms with Gasteiger partial charge in [-0.25, -0.2) is 14.8 Å². The van der Waals surface area contributed by atoms with E-state index in [-0.39, 0.29) is 23.1 Å². The Morgan fingerprint density at radius 3 is 2.37 bits per heavy atom. The van der Waals surface area contributed by atoms with Gasteiger partial charge in [-0.1, -0.05) is 30.3 Å². The zero-order chi connectivity index (χ0) is 21.3. The maximum Gasteiger partial charge on any atom is 0.339 e. The summed E-state index contributed by atoms with van der Waals surface area (Å²) in [6.07, 6.45) is 2.42. The average molecular weight is 403 g/mol. The van der Waals surface area contributed by atoms with Crippen LogP contribution in [0.15, 0.2) is 67.2 Å². The van der Waals surface area contributed by atoms with E-state index in [4.69, 9.17) is 14.2 Å². The summed E-state index contributed by atoms with van der Waals surface area (Å²) in [7, 11) is 0. The topological polar surface area (TPSA) is 115 Å². The van der Waals surface area contributed by atoms with Crippen molar-refractivity contribution in [1.29, 1.82) is 5.26 Å². The van der Waals surface area contributed by atoms with Gasteiger partial charge in [0.2, 0.25) is 11.8 Å². The van der Waals surface area contributed by atoms with Gasteiger partial charge < -0.3 is 19.3 Å². The van der Waals surface area contributed by atoms with Gasteiger partial charge in [-0.2, -0.15) is 5.26 Å². The number of carboxylic acids is 1. The smallest absolute Gasteiger partial charge is 0.339 e. The van der Waals surface area contributed by atoms with Crippen molar-refractivity contribution >= 4 is 11.5 Å². The van der Waals surface area contributed by atoms with Crippen molar-refractivity contribution in [2.45, 2.75) is 6.92 Å². The van der Waals surface area contributed by atoms with E-state index in [9.17, 15) is 15.2 Å². The molecule has 2 aromatic carbocycles. The number of carboxylic acid groups (broad SMARTS) is 1. The van der Waals surface area contributed by atoms with Crippen LogP contribution < -0.4 is 9.47 Å². The van der Waals surface area contributed by atoms with E-state index in [0.717, 1.165) is 0 Å². The van der Waals surface area contributed by atoms with Gasteiger partial charge in [0.15, 0.2) is 0 Å². The van der Waals surface area contributed by atoms with Crippen molar-refractivity contribution in [2.24, 2.45) is 0 Å². The lowest BCUT2D eigenvalue weighted by atomic mass is 10.1. The molecule has 0 aliphatic heterocycles. The molecule has 0 unspecified atom stereocenters. The van der Waals surface area contributed by atoms with E-state index in [0.29, 0.717) is 23.5 Å². The monoisotopic (exact) mass is 403 g/mol. The second kappa shape index (κ2) is 9.71. The third kappa shape index (κ3) is 4.91. The first-order valence-electron chi connectivity index (χ1n) is 8.93. The third-order valence-electron chi connectivity index (χ3n) is 3.83. The predicted molar refractivity (Wildman–Crippen MR) is 107 cm³/mol. The number of rotatable bonds is 8. The average Bonchev–Trinajstić information content (AvgIpc) is 2.75. The second-order valence-corrected chi connectivity index (χ2v) is 5.79. The van der Waals surface area contributed by atoms with Gasteiger partial charge >= 0.3 is 5.97 Å². The summed E-state index contributed by atoms with van der Waals surface area (Å²) in [5, 5.41) is 18.7. The molecular weight excluding hydrogens is 386 g/mol. The van der Waals surface area contributed by atoms with Crippen LogP contribution in [0.2, 0.25) is 0 Å². The lowest BCUT2D eigenvalue weighted by molar-refractivity contribution is -0.130. The maximum absolute atomic E-state index is 11.7. The minimum atomic E-state index is -1.15. The molecule has 3 aromatic rings. The Balaban J connectivity index is 1.89. The minimum Gasteiger partial charge on any atom is -0.501 e. The van der Waals surface area contributed by atoms with Crippen LogP contribution in [0.5, 0.6) is 23.3 Å². The molecule has 0 radical (unpaired) electrons. The Morgan fingerprint density at radius 2 is 1.70 bits per heavy atom. The van der Waals surface area contributed by atoms with Gasteiger partial charge in [-0.15, -0.1) is 0 Å². The molecule has 1 N–H and O–H groups in total. The molecule has 0 atom stereocenters. The first-order valence-corrected chi connectivity index (χ1v) is 8.93. The largest absolute Gasteiger partial charge is 0.501 e. The number of nitriles is 1. The number of nitrogens with zero attached hydrogens (tertiary/aromatic N) is 3. The van der Waals surface area contributed by atoms with Gasteiger partial charge in [-0.05, 0) is 25.1 Å². The number of hydrogen-bond donors (Lipinski definition) is 1. The van der Waals surface area contributed by atoms with Gasteiger partial charge in [0.05, 0.1) is 24.5 Å². The van der Waals surface area contributed by atoms with Crippen LogP contribution in [-0.2, 0) is 9.53 Å². The molecule has 3 rings (SSSR count). The highest BCUT2D eigenvalue weighted by molar-refractivity contribution is 6.15. The van der Waals surface area contributed by atoms with E-state index >= 15 is 0 Å². The molecule has 0 saturated heterocycles. The fourth-order valence-electron chi connectivity index (χ4n) is 2.48. The Labute approximate surface area is 172 Å². The Morgan fingerprint density at radius 1 is 1.07 bits per heavy atom. The molecule has 30 heavy (non-hydrogen) atoms. The number of ether oxygens (including phenoxy) is 3. The molecule has 8 heteroatoms. The molecule has 0 amide bonds.